The van der Waals surface area contributed by atoms with E-state index < -0.39 is 0 Å². The smallest absolute Gasteiger partial charge is 0.105 e. The molecule has 0 bridgehead atoms. The zero-order valence-corrected chi connectivity index (χ0v) is 10.6. The molecule has 3 heterocycles. The molecule has 1 aromatic heterocycles. The summed E-state index contributed by atoms with van der Waals surface area (Å²) >= 11 is 0. The van der Waals surface area contributed by atoms with E-state index in [9.17, 15) is 0 Å². The van der Waals surface area contributed by atoms with E-state index in [4.69, 9.17) is 4.42 Å². The number of rotatable bonds is 3. The van der Waals surface area contributed by atoms with Gasteiger partial charge in [0, 0.05) is 38.1 Å². The average Bonchev–Trinajstić information content (AvgIpc) is 2.97. The van der Waals surface area contributed by atoms with E-state index in [1.807, 2.05) is 6.07 Å². The molecule has 0 N–H and O–H groups in total. The Morgan fingerprint density at radius 3 is 3.18 bits per heavy atom. The number of nitrogens with zero attached hydrogens (tertiary/aromatic N) is 2. The van der Waals surface area contributed by atoms with Crippen LogP contribution in [0.1, 0.15) is 25.5 Å². The molecule has 2 unspecified atom stereocenters. The Kier molecular flexibility index (Phi) is 3.21. The molecule has 2 fully saturated rings. The molecule has 2 aliphatic heterocycles. The molecule has 1 aromatic rings. The molecule has 0 amide bonds. The number of fused-ring (bicyclic) bond motifs is 1. The van der Waals surface area contributed by atoms with Gasteiger partial charge in [0.15, 0.2) is 0 Å². The van der Waals surface area contributed by atoms with Gasteiger partial charge in [-0.1, -0.05) is 0 Å². The number of piperazine rings is 1. The van der Waals surface area contributed by atoms with Gasteiger partial charge in [0.1, 0.15) is 5.76 Å². The van der Waals surface area contributed by atoms with E-state index in [0.717, 1.165) is 18.2 Å². The van der Waals surface area contributed by atoms with Crippen molar-refractivity contribution in [2.45, 2.75) is 38.3 Å². The van der Waals surface area contributed by atoms with E-state index in [1.54, 1.807) is 6.26 Å². The third kappa shape index (κ3) is 2.40. The maximum atomic E-state index is 5.44. The Hall–Kier alpha value is -0.800. The van der Waals surface area contributed by atoms with Crippen LogP contribution >= 0.6 is 0 Å². The van der Waals surface area contributed by atoms with Crippen LogP contribution in [0.2, 0.25) is 0 Å². The fourth-order valence-electron chi connectivity index (χ4n) is 3.26. The van der Waals surface area contributed by atoms with Crippen LogP contribution in [0.4, 0.5) is 0 Å². The average molecular weight is 234 g/mol. The van der Waals surface area contributed by atoms with Crippen molar-refractivity contribution in [2.75, 3.05) is 26.2 Å². The van der Waals surface area contributed by atoms with Crippen molar-refractivity contribution < 1.29 is 4.42 Å². The molecule has 17 heavy (non-hydrogen) atoms. The first-order valence-electron chi connectivity index (χ1n) is 6.83. The van der Waals surface area contributed by atoms with Gasteiger partial charge in [-0.25, -0.2) is 0 Å². The summed E-state index contributed by atoms with van der Waals surface area (Å²) in [6, 6.07) is 5.49. The standard InChI is InChI=1S/C14H22N2O/c1-12(10-14-5-3-9-17-14)16-8-7-15-6-2-4-13(15)11-16/h3,5,9,12-13H,2,4,6-8,10-11H2,1H3. The first-order valence-corrected chi connectivity index (χ1v) is 6.83. The predicted molar refractivity (Wildman–Crippen MR) is 68.0 cm³/mol. The van der Waals surface area contributed by atoms with Gasteiger partial charge in [-0.05, 0) is 38.4 Å². The lowest BCUT2D eigenvalue weighted by Gasteiger charge is -2.40. The minimum atomic E-state index is 0.601. The van der Waals surface area contributed by atoms with E-state index in [1.165, 1.54) is 39.0 Å². The highest BCUT2D eigenvalue weighted by Crippen LogP contribution is 2.23. The highest BCUT2D eigenvalue weighted by Gasteiger charge is 2.32. The van der Waals surface area contributed by atoms with Crippen molar-refractivity contribution in [1.82, 2.24) is 9.80 Å². The fourth-order valence-corrected chi connectivity index (χ4v) is 3.26. The quantitative estimate of drug-likeness (QED) is 0.797. The SMILES string of the molecule is CC(Cc1ccco1)N1CCN2CCCC2C1. The van der Waals surface area contributed by atoms with Gasteiger partial charge in [0.05, 0.1) is 6.26 Å². The zero-order valence-electron chi connectivity index (χ0n) is 10.6. The molecular formula is C14H22N2O. The van der Waals surface area contributed by atoms with E-state index >= 15 is 0 Å². The Morgan fingerprint density at radius 1 is 1.41 bits per heavy atom. The Morgan fingerprint density at radius 2 is 2.35 bits per heavy atom. The minimum Gasteiger partial charge on any atom is -0.469 e. The monoisotopic (exact) mass is 234 g/mol. The van der Waals surface area contributed by atoms with E-state index in [-0.39, 0.29) is 0 Å². The highest BCUT2D eigenvalue weighted by molar-refractivity contribution is 5.01. The van der Waals surface area contributed by atoms with Crippen LogP contribution in [0.5, 0.6) is 0 Å². The zero-order chi connectivity index (χ0) is 11.7. The second kappa shape index (κ2) is 4.83. The van der Waals surface area contributed by atoms with Crippen LogP contribution in [-0.4, -0.2) is 48.1 Å². The third-order valence-electron chi connectivity index (χ3n) is 4.32. The van der Waals surface area contributed by atoms with Gasteiger partial charge in [0.2, 0.25) is 0 Å². The summed E-state index contributed by atoms with van der Waals surface area (Å²) in [5, 5.41) is 0. The normalized spacial score (nSPS) is 28.2. The predicted octanol–water partition coefficient (Wildman–Crippen LogP) is 1.99. The maximum absolute atomic E-state index is 5.44. The first kappa shape index (κ1) is 11.3. The van der Waals surface area contributed by atoms with Crippen molar-refractivity contribution >= 4 is 0 Å². The maximum Gasteiger partial charge on any atom is 0.105 e. The minimum absolute atomic E-state index is 0.601. The Balaban J connectivity index is 1.57. The van der Waals surface area contributed by atoms with Crippen LogP contribution in [0.25, 0.3) is 0 Å². The first-order chi connectivity index (χ1) is 8.33. The summed E-state index contributed by atoms with van der Waals surface area (Å²) in [6.07, 6.45) is 5.60. The third-order valence-corrected chi connectivity index (χ3v) is 4.32. The Bertz CT molecular complexity index is 349. The summed E-state index contributed by atoms with van der Waals surface area (Å²) in [4.78, 5) is 5.30. The second-order valence-corrected chi connectivity index (χ2v) is 5.46. The molecule has 2 aliphatic rings. The molecule has 0 radical (unpaired) electrons. The Labute approximate surface area is 103 Å². The second-order valence-electron chi connectivity index (χ2n) is 5.46. The number of hydrogen-bond donors (Lipinski definition) is 0. The van der Waals surface area contributed by atoms with Crippen molar-refractivity contribution in [3.05, 3.63) is 24.2 Å². The summed E-state index contributed by atoms with van der Waals surface area (Å²) in [6.45, 7) is 7.38. The highest BCUT2D eigenvalue weighted by atomic mass is 16.3. The fraction of sp³-hybridized carbons (Fsp3) is 0.714. The molecule has 2 atom stereocenters. The molecule has 3 rings (SSSR count). The summed E-state index contributed by atoms with van der Waals surface area (Å²) < 4.78 is 5.44. The van der Waals surface area contributed by atoms with Crippen LogP contribution < -0.4 is 0 Å². The van der Waals surface area contributed by atoms with Gasteiger partial charge in [-0.2, -0.15) is 0 Å². The van der Waals surface area contributed by atoms with Gasteiger partial charge >= 0.3 is 0 Å². The molecule has 0 saturated carbocycles. The van der Waals surface area contributed by atoms with Crippen LogP contribution in [0.15, 0.2) is 22.8 Å². The summed E-state index contributed by atoms with van der Waals surface area (Å²) in [5.74, 6) is 1.12. The van der Waals surface area contributed by atoms with E-state index in [2.05, 4.69) is 22.8 Å². The van der Waals surface area contributed by atoms with Crippen LogP contribution in [-0.2, 0) is 6.42 Å². The van der Waals surface area contributed by atoms with Crippen LogP contribution in [0.3, 0.4) is 0 Å². The van der Waals surface area contributed by atoms with Crippen molar-refractivity contribution in [3.8, 4) is 0 Å². The van der Waals surface area contributed by atoms with Gasteiger partial charge in [-0.15, -0.1) is 0 Å². The molecule has 3 heteroatoms. The van der Waals surface area contributed by atoms with Crippen molar-refractivity contribution in [3.63, 3.8) is 0 Å². The lowest BCUT2D eigenvalue weighted by Crippen LogP contribution is -2.53. The molecule has 94 valence electrons. The molecular weight excluding hydrogens is 212 g/mol. The number of hydrogen-bond acceptors (Lipinski definition) is 3. The molecule has 0 aromatic carbocycles. The molecule has 3 nitrogen and oxygen atoms in total. The largest absolute Gasteiger partial charge is 0.469 e. The van der Waals surface area contributed by atoms with Crippen LogP contribution in [0, 0.1) is 0 Å². The molecule has 2 saturated heterocycles. The lowest BCUT2D eigenvalue weighted by molar-refractivity contribution is 0.0755. The van der Waals surface area contributed by atoms with Crippen molar-refractivity contribution in [1.29, 1.82) is 0 Å². The lowest BCUT2D eigenvalue weighted by atomic mass is 10.1. The van der Waals surface area contributed by atoms with Gasteiger partial charge in [0.25, 0.3) is 0 Å². The summed E-state index contributed by atoms with van der Waals surface area (Å²) in [5.41, 5.74) is 0. The van der Waals surface area contributed by atoms with Gasteiger partial charge in [-0.3, -0.25) is 9.80 Å². The van der Waals surface area contributed by atoms with Crippen molar-refractivity contribution in [2.24, 2.45) is 0 Å². The summed E-state index contributed by atoms with van der Waals surface area (Å²) in [7, 11) is 0. The molecule has 0 aliphatic carbocycles. The topological polar surface area (TPSA) is 19.6 Å². The number of furan rings is 1. The van der Waals surface area contributed by atoms with E-state index in [0.29, 0.717) is 6.04 Å². The van der Waals surface area contributed by atoms with Gasteiger partial charge < -0.3 is 4.42 Å². The molecule has 0 spiro atoms.